The Morgan fingerprint density at radius 3 is 2.57 bits per heavy atom. The molecule has 3 rings (SSSR count). The van der Waals surface area contributed by atoms with Crippen LogP contribution < -0.4 is 10.6 Å². The summed E-state index contributed by atoms with van der Waals surface area (Å²) in [5.41, 5.74) is 3.35. The maximum atomic E-state index is 4.60. The van der Waals surface area contributed by atoms with Gasteiger partial charge >= 0.3 is 0 Å². The second kappa shape index (κ2) is 5.79. The Morgan fingerprint density at radius 1 is 1.00 bits per heavy atom. The van der Waals surface area contributed by atoms with Gasteiger partial charge in [0.15, 0.2) is 0 Å². The molecule has 0 aliphatic carbocycles. The lowest BCUT2D eigenvalue weighted by molar-refractivity contribution is 1.07. The zero-order valence-corrected chi connectivity index (χ0v) is 12.2. The maximum Gasteiger partial charge on any atom is 0.225 e. The van der Waals surface area contributed by atoms with E-state index in [1.165, 1.54) is 11.1 Å². The van der Waals surface area contributed by atoms with E-state index < -0.39 is 0 Å². The van der Waals surface area contributed by atoms with Gasteiger partial charge in [0.25, 0.3) is 0 Å². The molecule has 4 nitrogen and oxygen atoms in total. The quantitative estimate of drug-likeness (QED) is 0.765. The van der Waals surface area contributed by atoms with E-state index in [0.29, 0.717) is 12.5 Å². The number of fused-ring (bicyclic) bond motifs is 1. The van der Waals surface area contributed by atoms with Crippen molar-refractivity contribution < 1.29 is 0 Å². The lowest BCUT2D eigenvalue weighted by Gasteiger charge is -2.10. The lowest BCUT2D eigenvalue weighted by atomic mass is 10.1. The Bertz CT molecular complexity index is 753. The molecule has 0 fully saturated rings. The van der Waals surface area contributed by atoms with Crippen molar-refractivity contribution in [3.63, 3.8) is 0 Å². The molecule has 0 aliphatic heterocycles. The molecule has 0 aliphatic rings. The van der Waals surface area contributed by atoms with E-state index in [-0.39, 0.29) is 0 Å². The van der Waals surface area contributed by atoms with Crippen LogP contribution in [0.3, 0.4) is 0 Å². The van der Waals surface area contributed by atoms with Crippen molar-refractivity contribution in [2.75, 3.05) is 17.7 Å². The molecule has 0 bridgehead atoms. The van der Waals surface area contributed by atoms with Crippen LogP contribution in [0.2, 0.25) is 0 Å². The normalized spacial score (nSPS) is 10.6. The summed E-state index contributed by atoms with van der Waals surface area (Å²) >= 11 is 0. The van der Waals surface area contributed by atoms with Gasteiger partial charge in [-0.1, -0.05) is 36.4 Å². The highest BCUT2D eigenvalue weighted by atomic mass is 15.1. The Hall–Kier alpha value is -2.62. The summed E-state index contributed by atoms with van der Waals surface area (Å²) in [6, 6.07) is 16.4. The standard InChI is InChI=1S/C17H18N4/c1-12-8-9-14-15(10-12)20-17(21-16(14)18-2)19-11-13-6-4-3-5-7-13/h3-10H,11H2,1-2H3,(H2,18,19,20,21). The fourth-order valence-corrected chi connectivity index (χ4v) is 2.29. The average Bonchev–Trinajstić information content (AvgIpc) is 2.52. The summed E-state index contributed by atoms with van der Waals surface area (Å²) in [5, 5.41) is 7.46. The van der Waals surface area contributed by atoms with Crippen LogP contribution in [0.4, 0.5) is 11.8 Å². The summed E-state index contributed by atoms with van der Waals surface area (Å²) < 4.78 is 0. The number of nitrogens with one attached hydrogen (secondary N) is 2. The van der Waals surface area contributed by atoms with E-state index in [0.717, 1.165) is 16.7 Å². The van der Waals surface area contributed by atoms with Crippen LogP contribution in [0.5, 0.6) is 0 Å². The fraction of sp³-hybridized carbons (Fsp3) is 0.176. The average molecular weight is 278 g/mol. The lowest BCUT2D eigenvalue weighted by Crippen LogP contribution is -2.06. The SMILES string of the molecule is CNc1nc(NCc2ccccc2)nc2cc(C)ccc12. The van der Waals surface area contributed by atoms with Crippen molar-refractivity contribution >= 4 is 22.7 Å². The molecule has 2 N–H and O–H groups in total. The van der Waals surface area contributed by atoms with Crippen LogP contribution in [-0.2, 0) is 6.54 Å². The second-order valence-electron chi connectivity index (χ2n) is 5.01. The molecule has 1 heterocycles. The Labute approximate surface area is 124 Å². The van der Waals surface area contributed by atoms with Crippen LogP contribution in [0, 0.1) is 6.92 Å². The predicted octanol–water partition coefficient (Wildman–Crippen LogP) is 3.59. The van der Waals surface area contributed by atoms with Crippen molar-refractivity contribution in [3.8, 4) is 0 Å². The Morgan fingerprint density at radius 2 is 1.81 bits per heavy atom. The van der Waals surface area contributed by atoms with Crippen molar-refractivity contribution in [1.29, 1.82) is 0 Å². The van der Waals surface area contributed by atoms with Gasteiger partial charge in [0.05, 0.1) is 5.52 Å². The highest BCUT2D eigenvalue weighted by Crippen LogP contribution is 2.22. The van der Waals surface area contributed by atoms with Gasteiger partial charge in [0.2, 0.25) is 5.95 Å². The van der Waals surface area contributed by atoms with E-state index in [2.05, 4.69) is 57.9 Å². The summed E-state index contributed by atoms with van der Waals surface area (Å²) in [7, 11) is 1.88. The number of hydrogen-bond donors (Lipinski definition) is 2. The number of benzene rings is 2. The topological polar surface area (TPSA) is 49.8 Å². The first-order chi connectivity index (χ1) is 10.3. The molecule has 0 radical (unpaired) electrons. The number of aryl methyl sites for hydroxylation is 1. The molecule has 0 unspecified atom stereocenters. The van der Waals surface area contributed by atoms with Crippen molar-refractivity contribution in [1.82, 2.24) is 9.97 Å². The summed E-state index contributed by atoms with van der Waals surface area (Å²) in [4.78, 5) is 9.13. The predicted molar refractivity (Wildman–Crippen MR) is 87.6 cm³/mol. The molecule has 0 spiro atoms. The number of rotatable bonds is 4. The summed E-state index contributed by atoms with van der Waals surface area (Å²) in [6.45, 7) is 2.78. The van der Waals surface area contributed by atoms with Crippen molar-refractivity contribution in [2.45, 2.75) is 13.5 Å². The first-order valence-electron chi connectivity index (χ1n) is 7.00. The molecule has 21 heavy (non-hydrogen) atoms. The molecule has 2 aromatic carbocycles. The van der Waals surface area contributed by atoms with Crippen LogP contribution in [0.25, 0.3) is 10.9 Å². The van der Waals surface area contributed by atoms with E-state index in [1.54, 1.807) is 0 Å². The highest BCUT2D eigenvalue weighted by molar-refractivity contribution is 5.90. The zero-order valence-electron chi connectivity index (χ0n) is 12.2. The monoisotopic (exact) mass is 278 g/mol. The fourth-order valence-electron chi connectivity index (χ4n) is 2.29. The molecule has 0 saturated carbocycles. The number of nitrogens with zero attached hydrogens (tertiary/aromatic N) is 2. The Kier molecular flexibility index (Phi) is 3.69. The van der Waals surface area contributed by atoms with E-state index in [4.69, 9.17) is 0 Å². The zero-order chi connectivity index (χ0) is 14.7. The van der Waals surface area contributed by atoms with Crippen LogP contribution in [0.1, 0.15) is 11.1 Å². The highest BCUT2D eigenvalue weighted by Gasteiger charge is 2.06. The first-order valence-corrected chi connectivity index (χ1v) is 7.00. The van der Waals surface area contributed by atoms with Gasteiger partial charge in [-0.05, 0) is 30.2 Å². The molecule has 0 amide bonds. The maximum absolute atomic E-state index is 4.60. The molecule has 0 saturated heterocycles. The van der Waals surface area contributed by atoms with Gasteiger partial charge in [-0.3, -0.25) is 0 Å². The minimum absolute atomic E-state index is 0.640. The minimum atomic E-state index is 0.640. The Balaban J connectivity index is 1.91. The third-order valence-corrected chi connectivity index (χ3v) is 3.38. The van der Waals surface area contributed by atoms with Crippen molar-refractivity contribution in [2.24, 2.45) is 0 Å². The number of anilines is 2. The van der Waals surface area contributed by atoms with E-state index in [9.17, 15) is 0 Å². The van der Waals surface area contributed by atoms with Gasteiger partial charge in [-0.25, -0.2) is 4.98 Å². The van der Waals surface area contributed by atoms with E-state index in [1.807, 2.05) is 25.2 Å². The smallest absolute Gasteiger partial charge is 0.225 e. The van der Waals surface area contributed by atoms with Gasteiger partial charge in [0, 0.05) is 19.0 Å². The summed E-state index contributed by atoms with van der Waals surface area (Å²) in [5.74, 6) is 1.48. The minimum Gasteiger partial charge on any atom is -0.372 e. The molecule has 106 valence electrons. The van der Waals surface area contributed by atoms with Crippen LogP contribution in [-0.4, -0.2) is 17.0 Å². The largest absolute Gasteiger partial charge is 0.372 e. The van der Waals surface area contributed by atoms with Crippen molar-refractivity contribution in [3.05, 3.63) is 59.7 Å². The molecular weight excluding hydrogens is 260 g/mol. The van der Waals surface area contributed by atoms with Gasteiger partial charge in [-0.2, -0.15) is 4.98 Å². The molecular formula is C17H18N4. The summed E-state index contributed by atoms with van der Waals surface area (Å²) in [6.07, 6.45) is 0. The van der Waals surface area contributed by atoms with Crippen LogP contribution in [0.15, 0.2) is 48.5 Å². The molecule has 0 atom stereocenters. The van der Waals surface area contributed by atoms with Gasteiger partial charge < -0.3 is 10.6 Å². The number of hydrogen-bond acceptors (Lipinski definition) is 4. The van der Waals surface area contributed by atoms with Crippen LogP contribution >= 0.6 is 0 Å². The second-order valence-corrected chi connectivity index (χ2v) is 5.01. The van der Waals surface area contributed by atoms with Gasteiger partial charge in [0.1, 0.15) is 5.82 Å². The molecule has 1 aromatic heterocycles. The third-order valence-electron chi connectivity index (χ3n) is 3.38. The van der Waals surface area contributed by atoms with E-state index >= 15 is 0 Å². The third kappa shape index (κ3) is 2.94. The molecule has 3 aromatic rings. The first kappa shape index (κ1) is 13.4. The number of aromatic nitrogens is 2. The molecule has 4 heteroatoms. The van der Waals surface area contributed by atoms with Gasteiger partial charge in [-0.15, -0.1) is 0 Å².